The molecule has 0 aliphatic heterocycles. The number of carbonyl (C=O) groups is 1. The van der Waals surface area contributed by atoms with Crippen LogP contribution in [0.5, 0.6) is 17.2 Å². The van der Waals surface area contributed by atoms with Crippen LogP contribution in [0.15, 0.2) is 57.6 Å². The number of phenolic OH excluding ortho intramolecular Hbond substituents is 2. The van der Waals surface area contributed by atoms with Gasteiger partial charge < -0.3 is 25.2 Å². The van der Waals surface area contributed by atoms with Gasteiger partial charge in [-0.1, -0.05) is 42.0 Å². The second-order valence-electron chi connectivity index (χ2n) is 11.8. The van der Waals surface area contributed by atoms with Gasteiger partial charge in [0.1, 0.15) is 11.5 Å². The minimum Gasteiger partial charge on any atom is -0.507 e. The molecule has 0 fully saturated rings. The minimum atomic E-state index is -0.896. The van der Waals surface area contributed by atoms with Crippen molar-refractivity contribution in [3.63, 3.8) is 0 Å². The molecular weight excluding hydrogens is 572 g/mol. The number of allylic oxidation sites excluding steroid dienone is 1. The summed E-state index contributed by atoms with van der Waals surface area (Å²) in [5, 5.41) is 47.0. The number of hydrogen-bond acceptors (Lipinski definition) is 8. The Hall–Kier alpha value is -5.05. The minimum absolute atomic E-state index is 0.0331. The van der Waals surface area contributed by atoms with E-state index in [1.165, 1.54) is 26.2 Å². The van der Waals surface area contributed by atoms with Crippen LogP contribution in [-0.4, -0.2) is 33.3 Å². The van der Waals surface area contributed by atoms with Crippen molar-refractivity contribution < 1.29 is 30.0 Å². The van der Waals surface area contributed by atoms with Crippen molar-refractivity contribution in [2.75, 3.05) is 7.11 Å². The largest absolute Gasteiger partial charge is 0.507 e. The van der Waals surface area contributed by atoms with Crippen molar-refractivity contribution in [1.82, 2.24) is 0 Å². The molecule has 8 nitrogen and oxygen atoms in total. The molecule has 1 unspecified atom stereocenters. The molecule has 7 rings (SSSR count). The van der Waals surface area contributed by atoms with Gasteiger partial charge in [-0.2, -0.15) is 0 Å². The summed E-state index contributed by atoms with van der Waals surface area (Å²) in [6.07, 6.45) is 2.73. The highest BCUT2D eigenvalue weighted by Gasteiger charge is 2.36. The van der Waals surface area contributed by atoms with Gasteiger partial charge in [0.25, 0.3) is 0 Å². The van der Waals surface area contributed by atoms with Crippen LogP contribution in [0.3, 0.4) is 0 Å². The van der Waals surface area contributed by atoms with E-state index in [1.807, 2.05) is 36.4 Å². The van der Waals surface area contributed by atoms with Gasteiger partial charge >= 0.3 is 0 Å². The second kappa shape index (κ2) is 10.3. The van der Waals surface area contributed by atoms with Crippen LogP contribution in [0.25, 0.3) is 49.2 Å². The first-order valence-corrected chi connectivity index (χ1v) is 14.7. The Bertz CT molecular complexity index is 2370. The van der Waals surface area contributed by atoms with E-state index < -0.39 is 35.7 Å². The van der Waals surface area contributed by atoms with E-state index in [4.69, 9.17) is 4.74 Å². The number of Topliss-reactive ketones (excluding diaryl/α,β-unsaturated/α-hetero) is 1. The van der Waals surface area contributed by atoms with Crippen LogP contribution < -0.4 is 15.6 Å². The molecule has 0 saturated heterocycles. The standard InChI is InChI=1S/C37H30O8/c1-16-11-22-21(10-9-18-7-5-4-6-8-18)35(43)29-23(41)12-19(14-38)26-27-20(15-39)13-24(42)30-32(27)33(28(22)31(26)29)34(25(16)17(2)40)37(45-3)36(30)44/h4-8,11-13,25,38-39,43-44H,9-10,14-15H2,1-3H3. The number of ether oxygens (including phenoxy) is 1. The summed E-state index contributed by atoms with van der Waals surface area (Å²) in [6.45, 7) is 2.14. The third-order valence-electron chi connectivity index (χ3n) is 9.40. The Morgan fingerprint density at radius 3 is 1.91 bits per heavy atom. The molecule has 0 spiro atoms. The number of hydrogen-bond donors (Lipinski definition) is 4. The Balaban J connectivity index is 1.86. The first-order chi connectivity index (χ1) is 21.6. The number of benzene rings is 6. The fourth-order valence-electron chi connectivity index (χ4n) is 7.66. The Morgan fingerprint density at radius 2 is 1.36 bits per heavy atom. The lowest BCUT2D eigenvalue weighted by Crippen LogP contribution is -2.14. The molecule has 0 amide bonds. The van der Waals surface area contributed by atoms with Gasteiger partial charge in [0.15, 0.2) is 22.4 Å². The van der Waals surface area contributed by atoms with Gasteiger partial charge in [0, 0.05) is 21.9 Å². The van der Waals surface area contributed by atoms with E-state index in [-0.39, 0.29) is 39.2 Å². The molecule has 45 heavy (non-hydrogen) atoms. The molecule has 0 radical (unpaired) electrons. The highest BCUT2D eigenvalue weighted by molar-refractivity contribution is 6.38. The third kappa shape index (κ3) is 3.82. The quantitative estimate of drug-likeness (QED) is 0.145. The maximum atomic E-state index is 13.8. The van der Waals surface area contributed by atoms with Gasteiger partial charge in [0.05, 0.1) is 37.0 Å². The van der Waals surface area contributed by atoms with Crippen molar-refractivity contribution in [2.24, 2.45) is 0 Å². The van der Waals surface area contributed by atoms with Crippen molar-refractivity contribution in [3.8, 4) is 17.2 Å². The molecule has 1 atom stereocenters. The van der Waals surface area contributed by atoms with E-state index in [2.05, 4.69) is 0 Å². The molecule has 226 valence electrons. The summed E-state index contributed by atoms with van der Waals surface area (Å²) in [5.74, 6) is -1.80. The van der Waals surface area contributed by atoms with Gasteiger partial charge in [-0.15, -0.1) is 0 Å². The van der Waals surface area contributed by atoms with E-state index in [0.717, 1.165) is 5.56 Å². The molecule has 0 aromatic heterocycles. The smallest absolute Gasteiger partial charge is 0.190 e. The summed E-state index contributed by atoms with van der Waals surface area (Å²) in [6, 6.07) is 12.2. The maximum Gasteiger partial charge on any atom is 0.190 e. The van der Waals surface area contributed by atoms with Crippen LogP contribution in [0.1, 0.15) is 53.1 Å². The summed E-state index contributed by atoms with van der Waals surface area (Å²) in [4.78, 5) is 41.0. The predicted molar refractivity (Wildman–Crippen MR) is 174 cm³/mol. The molecule has 8 heteroatoms. The number of aromatic hydroxyl groups is 2. The summed E-state index contributed by atoms with van der Waals surface area (Å²) < 4.78 is 5.75. The van der Waals surface area contributed by atoms with E-state index >= 15 is 0 Å². The average molecular weight is 603 g/mol. The number of fused-ring (bicyclic) bond motifs is 1. The Kier molecular flexibility index (Phi) is 6.54. The number of aliphatic hydroxyl groups excluding tert-OH is 2. The number of rotatable bonds is 7. The Labute approximate surface area is 256 Å². The zero-order valence-electron chi connectivity index (χ0n) is 24.9. The molecule has 6 aromatic carbocycles. The lowest BCUT2D eigenvalue weighted by atomic mass is 9.78. The van der Waals surface area contributed by atoms with Crippen molar-refractivity contribution in [3.05, 3.63) is 102 Å². The lowest BCUT2D eigenvalue weighted by Gasteiger charge is -2.25. The zero-order valence-corrected chi connectivity index (χ0v) is 24.9. The van der Waals surface area contributed by atoms with E-state index in [9.17, 15) is 34.8 Å². The number of carbonyl (C=O) groups excluding carboxylic acids is 1. The first-order valence-electron chi connectivity index (χ1n) is 14.7. The molecule has 0 bridgehead atoms. The maximum absolute atomic E-state index is 13.8. The predicted octanol–water partition coefficient (Wildman–Crippen LogP) is 5.17. The van der Waals surface area contributed by atoms with Crippen molar-refractivity contribution in [2.45, 2.75) is 45.8 Å². The molecule has 0 saturated carbocycles. The molecule has 6 aromatic rings. The monoisotopic (exact) mass is 602 g/mol. The second-order valence-corrected chi connectivity index (χ2v) is 11.8. The molecule has 1 aliphatic carbocycles. The van der Waals surface area contributed by atoms with Crippen LogP contribution in [0.2, 0.25) is 0 Å². The van der Waals surface area contributed by atoms with Gasteiger partial charge in [0.2, 0.25) is 0 Å². The van der Waals surface area contributed by atoms with Gasteiger partial charge in [-0.25, -0.2) is 0 Å². The molecule has 1 aliphatic rings. The summed E-state index contributed by atoms with van der Waals surface area (Å²) >= 11 is 0. The number of ketones is 1. The number of phenols is 2. The normalized spacial score (nSPS) is 14.6. The molecule has 4 N–H and O–H groups in total. The number of aliphatic hydroxyl groups is 2. The highest BCUT2D eigenvalue weighted by atomic mass is 16.5. The molecular formula is C37H30O8. The zero-order chi connectivity index (χ0) is 31.9. The summed E-state index contributed by atoms with van der Waals surface area (Å²) in [5.41, 5.74) is 2.48. The van der Waals surface area contributed by atoms with Crippen molar-refractivity contribution >= 4 is 54.9 Å². The number of aryl methyl sites for hydroxylation is 1. The lowest BCUT2D eigenvalue weighted by molar-refractivity contribution is -0.117. The van der Waals surface area contributed by atoms with Gasteiger partial charge in [-0.3, -0.25) is 14.4 Å². The van der Waals surface area contributed by atoms with Crippen LogP contribution >= 0.6 is 0 Å². The fourth-order valence-corrected chi connectivity index (χ4v) is 7.66. The SMILES string of the molecule is COc1c(O)c2c(=O)cc(CO)c3c4c(CO)cc(=O)c5c(O)c(CCc6ccccc6)c6c(c(c1C(C(C)=O)C(C)=C6)c23)c54. The topological polar surface area (TPSA) is 141 Å². The van der Waals surface area contributed by atoms with Crippen LogP contribution in [0.4, 0.5) is 0 Å². The third-order valence-corrected chi connectivity index (χ3v) is 9.40. The van der Waals surface area contributed by atoms with Crippen molar-refractivity contribution in [1.29, 1.82) is 0 Å². The highest BCUT2D eigenvalue weighted by Crippen LogP contribution is 2.56. The van der Waals surface area contributed by atoms with Crippen LogP contribution in [0, 0.1) is 0 Å². The number of methoxy groups -OCH3 is 1. The van der Waals surface area contributed by atoms with E-state index in [0.29, 0.717) is 67.4 Å². The van der Waals surface area contributed by atoms with E-state index in [1.54, 1.807) is 6.92 Å². The average Bonchev–Trinajstić information content (AvgIpc) is 3.15. The first kappa shape index (κ1) is 28.7. The van der Waals surface area contributed by atoms with Crippen LogP contribution in [-0.2, 0) is 30.8 Å². The molecule has 0 heterocycles. The Morgan fingerprint density at radius 1 is 0.778 bits per heavy atom. The van der Waals surface area contributed by atoms with Gasteiger partial charge in [-0.05, 0) is 82.6 Å². The summed E-state index contributed by atoms with van der Waals surface area (Å²) in [7, 11) is 1.35. The fraction of sp³-hybridized carbons (Fsp3) is 0.216.